The monoisotopic (exact) mass is 297 g/mol. The number of nitrogens with zero attached hydrogens (tertiary/aromatic N) is 2. The van der Waals surface area contributed by atoms with Gasteiger partial charge in [-0.3, -0.25) is 10.1 Å². The van der Waals surface area contributed by atoms with Crippen molar-refractivity contribution in [2.75, 3.05) is 5.32 Å². The van der Waals surface area contributed by atoms with Crippen LogP contribution in [0.2, 0.25) is 0 Å². The van der Waals surface area contributed by atoms with Gasteiger partial charge < -0.3 is 4.42 Å². The molecule has 1 heterocycles. The topological polar surface area (TPSA) is 68.0 Å². The molecule has 0 unspecified atom stereocenters. The maximum Gasteiger partial charge on any atom is 0.322 e. The summed E-state index contributed by atoms with van der Waals surface area (Å²) in [7, 11) is 0. The number of amides is 1. The van der Waals surface area contributed by atoms with Crippen LogP contribution in [0.4, 0.5) is 10.4 Å². The Bertz CT molecular complexity index is 770. The Morgan fingerprint density at radius 1 is 1.05 bits per heavy atom. The Balaban J connectivity index is 1.65. The first-order valence-electron chi connectivity index (χ1n) is 6.64. The van der Waals surface area contributed by atoms with E-state index in [1.165, 1.54) is 12.1 Å². The van der Waals surface area contributed by atoms with Crippen molar-refractivity contribution < 1.29 is 13.6 Å². The Hall–Kier alpha value is -3.02. The second-order valence-electron chi connectivity index (χ2n) is 4.63. The number of rotatable bonds is 4. The molecular weight excluding hydrogens is 285 g/mol. The predicted molar refractivity (Wildman–Crippen MR) is 78.5 cm³/mol. The standard InChI is InChI=1S/C16H12FN3O2/c17-13-8-6-11(7-9-13)10-14(21)18-16-20-19-15(22-16)12-4-2-1-3-5-12/h1-9H,10H2,(H,18,20,21). The number of benzene rings is 2. The van der Waals surface area contributed by atoms with Crippen molar-refractivity contribution >= 4 is 11.9 Å². The number of carbonyl (C=O) groups is 1. The lowest BCUT2D eigenvalue weighted by Gasteiger charge is -2.01. The summed E-state index contributed by atoms with van der Waals surface area (Å²) in [6, 6.07) is 15.0. The van der Waals surface area contributed by atoms with Gasteiger partial charge in [-0.1, -0.05) is 35.4 Å². The van der Waals surface area contributed by atoms with Gasteiger partial charge in [0.15, 0.2) is 0 Å². The summed E-state index contributed by atoms with van der Waals surface area (Å²) in [5, 5.41) is 10.2. The SMILES string of the molecule is O=C(Cc1ccc(F)cc1)Nc1nnc(-c2ccccc2)o1. The van der Waals surface area contributed by atoms with Crippen molar-refractivity contribution in [2.45, 2.75) is 6.42 Å². The molecule has 3 aromatic rings. The molecule has 1 N–H and O–H groups in total. The molecule has 0 aliphatic carbocycles. The number of nitrogens with one attached hydrogen (secondary N) is 1. The first-order chi connectivity index (χ1) is 10.7. The summed E-state index contributed by atoms with van der Waals surface area (Å²) in [5.74, 6) is -0.318. The van der Waals surface area contributed by atoms with Gasteiger partial charge in [-0.25, -0.2) is 4.39 Å². The van der Waals surface area contributed by atoms with Gasteiger partial charge in [-0.2, -0.15) is 0 Å². The molecule has 1 amide bonds. The molecule has 1 aromatic heterocycles. The highest BCUT2D eigenvalue weighted by Crippen LogP contribution is 2.19. The van der Waals surface area contributed by atoms with Crippen molar-refractivity contribution in [1.82, 2.24) is 10.2 Å². The molecule has 0 radical (unpaired) electrons. The summed E-state index contributed by atoms with van der Waals surface area (Å²) < 4.78 is 18.2. The molecule has 0 fully saturated rings. The van der Waals surface area contributed by atoms with Crippen LogP contribution in [-0.2, 0) is 11.2 Å². The molecule has 0 spiro atoms. The fourth-order valence-electron chi connectivity index (χ4n) is 1.92. The van der Waals surface area contributed by atoms with E-state index in [1.807, 2.05) is 30.3 Å². The van der Waals surface area contributed by atoms with E-state index in [9.17, 15) is 9.18 Å². The van der Waals surface area contributed by atoms with Crippen molar-refractivity contribution in [3.05, 3.63) is 66.0 Å². The van der Waals surface area contributed by atoms with Crippen LogP contribution in [0.5, 0.6) is 0 Å². The summed E-state index contributed by atoms with van der Waals surface area (Å²) in [6.45, 7) is 0. The van der Waals surface area contributed by atoms with Crippen LogP contribution in [-0.4, -0.2) is 16.1 Å². The number of carbonyl (C=O) groups excluding carboxylic acids is 1. The fourth-order valence-corrected chi connectivity index (χ4v) is 1.92. The first-order valence-corrected chi connectivity index (χ1v) is 6.64. The molecule has 0 saturated carbocycles. The van der Waals surface area contributed by atoms with E-state index in [1.54, 1.807) is 12.1 Å². The van der Waals surface area contributed by atoms with E-state index in [2.05, 4.69) is 15.5 Å². The predicted octanol–water partition coefficient (Wildman–Crippen LogP) is 3.06. The lowest BCUT2D eigenvalue weighted by Crippen LogP contribution is -2.14. The van der Waals surface area contributed by atoms with E-state index in [-0.39, 0.29) is 24.2 Å². The molecule has 0 aliphatic heterocycles. The van der Waals surface area contributed by atoms with E-state index < -0.39 is 0 Å². The minimum Gasteiger partial charge on any atom is -0.403 e. The second kappa shape index (κ2) is 6.17. The minimum absolute atomic E-state index is 0.0333. The first kappa shape index (κ1) is 13.9. The third kappa shape index (κ3) is 3.35. The van der Waals surface area contributed by atoms with Crippen molar-refractivity contribution in [3.8, 4) is 11.5 Å². The Morgan fingerprint density at radius 2 is 1.77 bits per heavy atom. The summed E-state index contributed by atoms with van der Waals surface area (Å²) >= 11 is 0. The van der Waals surface area contributed by atoms with Crippen LogP contribution in [0, 0.1) is 5.82 Å². The van der Waals surface area contributed by atoms with Gasteiger partial charge >= 0.3 is 6.01 Å². The van der Waals surface area contributed by atoms with Crippen LogP contribution in [0.15, 0.2) is 59.0 Å². The average Bonchev–Trinajstić information content (AvgIpc) is 2.99. The lowest BCUT2D eigenvalue weighted by atomic mass is 10.1. The molecule has 22 heavy (non-hydrogen) atoms. The highest BCUT2D eigenvalue weighted by atomic mass is 19.1. The zero-order chi connectivity index (χ0) is 15.4. The van der Waals surface area contributed by atoms with E-state index >= 15 is 0 Å². The lowest BCUT2D eigenvalue weighted by molar-refractivity contribution is -0.115. The molecule has 0 aliphatic rings. The van der Waals surface area contributed by atoms with Crippen molar-refractivity contribution in [2.24, 2.45) is 0 Å². The molecule has 6 heteroatoms. The third-order valence-corrected chi connectivity index (χ3v) is 2.97. The highest BCUT2D eigenvalue weighted by Gasteiger charge is 2.11. The molecule has 0 saturated heterocycles. The van der Waals surface area contributed by atoms with Gasteiger partial charge in [-0.15, -0.1) is 5.10 Å². The van der Waals surface area contributed by atoms with Crippen LogP contribution in [0.1, 0.15) is 5.56 Å². The molecule has 2 aromatic carbocycles. The molecule has 110 valence electrons. The Morgan fingerprint density at radius 3 is 2.50 bits per heavy atom. The fraction of sp³-hybridized carbons (Fsp3) is 0.0625. The van der Waals surface area contributed by atoms with Gasteiger partial charge in [0.2, 0.25) is 11.8 Å². The zero-order valence-electron chi connectivity index (χ0n) is 11.5. The number of anilines is 1. The summed E-state index contributed by atoms with van der Waals surface area (Å²) in [4.78, 5) is 11.9. The van der Waals surface area contributed by atoms with Gasteiger partial charge in [0, 0.05) is 5.56 Å². The number of halogens is 1. The zero-order valence-corrected chi connectivity index (χ0v) is 11.5. The molecule has 0 atom stereocenters. The normalized spacial score (nSPS) is 10.4. The van der Waals surface area contributed by atoms with E-state index in [0.717, 1.165) is 5.56 Å². The van der Waals surface area contributed by atoms with Crippen LogP contribution < -0.4 is 5.32 Å². The number of aromatic nitrogens is 2. The van der Waals surface area contributed by atoms with Crippen LogP contribution >= 0.6 is 0 Å². The van der Waals surface area contributed by atoms with Crippen LogP contribution in [0.3, 0.4) is 0 Å². The average molecular weight is 297 g/mol. The number of hydrogen-bond donors (Lipinski definition) is 1. The maximum atomic E-state index is 12.8. The van der Waals surface area contributed by atoms with E-state index in [0.29, 0.717) is 11.5 Å². The molecular formula is C16H12FN3O2. The van der Waals surface area contributed by atoms with Gasteiger partial charge in [0.25, 0.3) is 0 Å². The second-order valence-corrected chi connectivity index (χ2v) is 4.63. The Labute approximate surface area is 125 Å². The molecule has 3 rings (SSSR count). The van der Waals surface area contributed by atoms with Gasteiger partial charge in [0.05, 0.1) is 6.42 Å². The van der Waals surface area contributed by atoms with Crippen LogP contribution in [0.25, 0.3) is 11.5 Å². The third-order valence-electron chi connectivity index (χ3n) is 2.97. The van der Waals surface area contributed by atoms with Crippen molar-refractivity contribution in [1.29, 1.82) is 0 Å². The Kier molecular flexibility index (Phi) is 3.91. The summed E-state index contributed by atoms with van der Waals surface area (Å²) in [6.07, 6.45) is 0.101. The highest BCUT2D eigenvalue weighted by molar-refractivity contribution is 5.90. The smallest absolute Gasteiger partial charge is 0.322 e. The number of hydrogen-bond acceptors (Lipinski definition) is 4. The quantitative estimate of drug-likeness (QED) is 0.803. The van der Waals surface area contributed by atoms with Crippen molar-refractivity contribution in [3.63, 3.8) is 0 Å². The van der Waals surface area contributed by atoms with Gasteiger partial charge in [-0.05, 0) is 29.8 Å². The van der Waals surface area contributed by atoms with E-state index in [4.69, 9.17) is 4.42 Å². The summed E-state index contributed by atoms with van der Waals surface area (Å²) in [5.41, 5.74) is 1.47. The maximum absolute atomic E-state index is 12.8. The molecule has 5 nitrogen and oxygen atoms in total. The largest absolute Gasteiger partial charge is 0.403 e. The molecule has 0 bridgehead atoms. The van der Waals surface area contributed by atoms with Gasteiger partial charge in [0.1, 0.15) is 5.82 Å². The minimum atomic E-state index is -0.339.